The third-order valence-corrected chi connectivity index (χ3v) is 4.75. The molecule has 106 valence electrons. The molecule has 0 saturated heterocycles. The summed E-state index contributed by atoms with van der Waals surface area (Å²) in [7, 11) is 0. The van der Waals surface area contributed by atoms with Crippen molar-refractivity contribution in [3.63, 3.8) is 0 Å². The zero-order chi connectivity index (χ0) is 14.7. The van der Waals surface area contributed by atoms with Crippen LogP contribution in [0, 0.1) is 11.3 Å². The number of amides is 2. The van der Waals surface area contributed by atoms with E-state index < -0.39 is 0 Å². The van der Waals surface area contributed by atoms with Crippen LogP contribution in [-0.4, -0.2) is 6.03 Å². The van der Waals surface area contributed by atoms with Gasteiger partial charge in [0, 0.05) is 10.6 Å². The van der Waals surface area contributed by atoms with E-state index in [0.29, 0.717) is 10.6 Å². The van der Waals surface area contributed by atoms with Crippen molar-refractivity contribution in [1.82, 2.24) is 0 Å². The summed E-state index contributed by atoms with van der Waals surface area (Å²) in [6.45, 7) is 0. The summed E-state index contributed by atoms with van der Waals surface area (Å²) in [6, 6.07) is 11.2. The van der Waals surface area contributed by atoms with Gasteiger partial charge in [0.15, 0.2) is 0 Å². The molecule has 1 aromatic heterocycles. The first-order valence-electron chi connectivity index (χ1n) is 6.95. The highest BCUT2D eigenvalue weighted by atomic mass is 32.1. The summed E-state index contributed by atoms with van der Waals surface area (Å²) in [5, 5.41) is 15.6. The minimum atomic E-state index is -0.309. The number of aryl methyl sites for hydroxylation is 1. The van der Waals surface area contributed by atoms with Crippen LogP contribution in [0.3, 0.4) is 0 Å². The van der Waals surface area contributed by atoms with Crippen LogP contribution in [0.5, 0.6) is 0 Å². The van der Waals surface area contributed by atoms with Crippen molar-refractivity contribution in [3.8, 4) is 6.07 Å². The van der Waals surface area contributed by atoms with Crippen LogP contribution in [-0.2, 0) is 12.8 Å². The van der Waals surface area contributed by atoms with Crippen LogP contribution >= 0.6 is 11.3 Å². The quantitative estimate of drug-likeness (QED) is 0.874. The highest BCUT2D eigenvalue weighted by molar-refractivity contribution is 7.16. The lowest BCUT2D eigenvalue weighted by Crippen LogP contribution is -2.19. The van der Waals surface area contributed by atoms with Gasteiger partial charge in [0.05, 0.1) is 5.56 Å². The topological polar surface area (TPSA) is 64.9 Å². The number of nitrogens with one attached hydrogen (secondary N) is 2. The summed E-state index contributed by atoms with van der Waals surface area (Å²) in [5.41, 5.74) is 2.50. The largest absolute Gasteiger partial charge is 0.324 e. The SMILES string of the molecule is N#Cc1c(NC(=O)Nc2ccccc2)sc2c1CCCC2. The van der Waals surface area contributed by atoms with Gasteiger partial charge < -0.3 is 5.32 Å². The number of urea groups is 1. The van der Waals surface area contributed by atoms with E-state index in [2.05, 4.69) is 16.7 Å². The molecule has 0 atom stereocenters. The van der Waals surface area contributed by atoms with E-state index in [1.807, 2.05) is 30.3 Å². The molecule has 2 amide bonds. The minimum Gasteiger partial charge on any atom is -0.308 e. The van der Waals surface area contributed by atoms with Crippen molar-refractivity contribution in [1.29, 1.82) is 5.26 Å². The van der Waals surface area contributed by atoms with Gasteiger partial charge in [-0.2, -0.15) is 5.26 Å². The Balaban J connectivity index is 1.77. The second kappa shape index (κ2) is 5.98. The predicted octanol–water partition coefficient (Wildman–Crippen LogP) is 4.14. The van der Waals surface area contributed by atoms with E-state index in [4.69, 9.17) is 0 Å². The first-order chi connectivity index (χ1) is 10.3. The summed E-state index contributed by atoms with van der Waals surface area (Å²) >= 11 is 1.53. The van der Waals surface area contributed by atoms with Gasteiger partial charge in [0.1, 0.15) is 11.1 Å². The number of anilines is 2. The van der Waals surface area contributed by atoms with Gasteiger partial charge in [0.25, 0.3) is 0 Å². The second-order valence-corrected chi connectivity index (χ2v) is 6.08. The number of nitrogens with zero attached hydrogens (tertiary/aromatic N) is 1. The molecule has 0 aliphatic heterocycles. The number of fused-ring (bicyclic) bond motifs is 1. The summed E-state index contributed by atoms with van der Waals surface area (Å²) in [4.78, 5) is 13.3. The minimum absolute atomic E-state index is 0.309. The highest BCUT2D eigenvalue weighted by Gasteiger charge is 2.21. The number of nitriles is 1. The zero-order valence-corrected chi connectivity index (χ0v) is 12.3. The molecule has 1 heterocycles. The first kappa shape index (κ1) is 13.7. The van der Waals surface area contributed by atoms with E-state index in [1.165, 1.54) is 16.2 Å². The number of hydrogen-bond donors (Lipinski definition) is 2. The molecular weight excluding hydrogens is 282 g/mol. The number of benzene rings is 1. The van der Waals surface area contributed by atoms with Gasteiger partial charge in [-0.15, -0.1) is 11.3 Å². The van der Waals surface area contributed by atoms with Crippen LogP contribution in [0.25, 0.3) is 0 Å². The van der Waals surface area contributed by atoms with Crippen molar-refractivity contribution >= 4 is 28.1 Å². The lowest BCUT2D eigenvalue weighted by atomic mass is 9.96. The van der Waals surface area contributed by atoms with Crippen molar-refractivity contribution in [3.05, 3.63) is 46.3 Å². The van der Waals surface area contributed by atoms with E-state index in [9.17, 15) is 10.1 Å². The van der Waals surface area contributed by atoms with Crippen LogP contribution in [0.2, 0.25) is 0 Å². The normalized spacial score (nSPS) is 13.1. The number of carbonyl (C=O) groups is 1. The van der Waals surface area contributed by atoms with Crippen molar-refractivity contribution < 1.29 is 4.79 Å². The first-order valence-corrected chi connectivity index (χ1v) is 7.77. The molecule has 3 rings (SSSR count). The van der Waals surface area contributed by atoms with Crippen molar-refractivity contribution in [2.24, 2.45) is 0 Å². The van der Waals surface area contributed by atoms with Crippen LogP contribution in [0.15, 0.2) is 30.3 Å². The van der Waals surface area contributed by atoms with Gasteiger partial charge in [-0.25, -0.2) is 4.79 Å². The number of hydrogen-bond acceptors (Lipinski definition) is 3. The molecule has 2 aromatic rings. The summed E-state index contributed by atoms with van der Waals surface area (Å²) < 4.78 is 0. The van der Waals surface area contributed by atoms with Crippen LogP contribution in [0.4, 0.5) is 15.5 Å². The molecule has 1 aliphatic carbocycles. The maximum Gasteiger partial charge on any atom is 0.324 e. The molecule has 0 saturated carbocycles. The Morgan fingerprint density at radius 1 is 1.14 bits per heavy atom. The molecule has 0 fully saturated rings. The van der Waals surface area contributed by atoms with Gasteiger partial charge >= 0.3 is 6.03 Å². The Morgan fingerprint density at radius 3 is 2.67 bits per heavy atom. The summed E-state index contributed by atoms with van der Waals surface area (Å²) in [5.74, 6) is 0. The molecular formula is C16H15N3OS. The molecule has 0 radical (unpaired) electrons. The average Bonchev–Trinajstić information content (AvgIpc) is 2.85. The molecule has 5 heteroatoms. The maximum absolute atomic E-state index is 12.0. The molecule has 2 N–H and O–H groups in total. The number of para-hydroxylation sites is 1. The van der Waals surface area contributed by atoms with Gasteiger partial charge in [-0.3, -0.25) is 5.32 Å². The molecule has 0 unspecified atom stereocenters. The highest BCUT2D eigenvalue weighted by Crippen LogP contribution is 2.37. The number of thiophene rings is 1. The molecule has 21 heavy (non-hydrogen) atoms. The molecule has 1 aromatic carbocycles. The fraction of sp³-hybridized carbons (Fsp3) is 0.250. The Morgan fingerprint density at radius 2 is 1.90 bits per heavy atom. The molecule has 0 spiro atoms. The zero-order valence-electron chi connectivity index (χ0n) is 11.5. The molecule has 1 aliphatic rings. The molecule has 4 nitrogen and oxygen atoms in total. The Bertz CT molecular complexity index is 700. The fourth-order valence-electron chi connectivity index (χ4n) is 2.56. The van der Waals surface area contributed by atoms with E-state index in [-0.39, 0.29) is 6.03 Å². The van der Waals surface area contributed by atoms with Crippen molar-refractivity contribution in [2.45, 2.75) is 25.7 Å². The molecule has 0 bridgehead atoms. The van der Waals surface area contributed by atoms with Gasteiger partial charge in [-0.1, -0.05) is 18.2 Å². The third kappa shape index (κ3) is 2.91. The lowest BCUT2D eigenvalue weighted by molar-refractivity contribution is 0.262. The summed E-state index contributed by atoms with van der Waals surface area (Å²) in [6.07, 6.45) is 4.23. The third-order valence-electron chi connectivity index (χ3n) is 3.54. The lowest BCUT2D eigenvalue weighted by Gasteiger charge is -2.09. The Hall–Kier alpha value is -2.32. The number of rotatable bonds is 2. The van der Waals surface area contributed by atoms with Crippen LogP contribution < -0.4 is 10.6 Å². The average molecular weight is 297 g/mol. The maximum atomic E-state index is 12.0. The van der Waals surface area contributed by atoms with E-state index in [0.717, 1.165) is 36.9 Å². The Labute approximate surface area is 127 Å². The fourth-order valence-corrected chi connectivity index (χ4v) is 3.79. The van der Waals surface area contributed by atoms with Gasteiger partial charge in [0.2, 0.25) is 0 Å². The van der Waals surface area contributed by atoms with Crippen molar-refractivity contribution in [2.75, 3.05) is 10.6 Å². The predicted molar refractivity (Wildman–Crippen MR) is 84.8 cm³/mol. The van der Waals surface area contributed by atoms with Gasteiger partial charge in [-0.05, 0) is 43.4 Å². The van der Waals surface area contributed by atoms with E-state index in [1.54, 1.807) is 0 Å². The number of carbonyl (C=O) groups excluding carboxylic acids is 1. The Kier molecular flexibility index (Phi) is 3.89. The standard InChI is InChI=1S/C16H15N3OS/c17-10-13-12-8-4-5-9-14(12)21-15(13)19-16(20)18-11-6-2-1-3-7-11/h1-3,6-7H,4-5,8-9H2,(H2,18,19,20). The van der Waals surface area contributed by atoms with E-state index >= 15 is 0 Å². The van der Waals surface area contributed by atoms with Crippen LogP contribution in [0.1, 0.15) is 28.8 Å². The second-order valence-electron chi connectivity index (χ2n) is 4.97. The smallest absolute Gasteiger partial charge is 0.308 e. The monoisotopic (exact) mass is 297 g/mol.